The van der Waals surface area contributed by atoms with E-state index in [4.69, 9.17) is 16.9 Å². The number of fused-ring (bicyclic) bond motifs is 2. The Hall–Kier alpha value is -1.31. The molecule has 0 aliphatic carbocycles. The van der Waals surface area contributed by atoms with Gasteiger partial charge in [0.05, 0.1) is 17.4 Å². The van der Waals surface area contributed by atoms with Gasteiger partial charge in [-0.25, -0.2) is 4.98 Å². The number of halogens is 1. The Morgan fingerprint density at radius 3 is 3.06 bits per heavy atom. The molecule has 2 aliphatic heterocycles. The van der Waals surface area contributed by atoms with Crippen molar-refractivity contribution in [3.05, 3.63) is 23.0 Å². The Morgan fingerprint density at radius 2 is 2.22 bits per heavy atom. The lowest BCUT2D eigenvalue weighted by Gasteiger charge is -2.30. The quantitative estimate of drug-likeness (QED) is 0.786. The molecule has 2 atom stereocenters. The topological polar surface area (TPSA) is 52.0 Å². The second kappa shape index (κ2) is 4.75. The minimum atomic E-state index is 0.293. The predicted octanol–water partition coefficient (Wildman–Crippen LogP) is 1.94. The van der Waals surface area contributed by atoms with Crippen molar-refractivity contribution < 1.29 is 0 Å². The molecule has 0 radical (unpaired) electrons. The van der Waals surface area contributed by atoms with Crippen LogP contribution in [0, 0.1) is 11.3 Å². The molecule has 2 aliphatic rings. The maximum absolute atomic E-state index is 9.04. The molecule has 2 fully saturated rings. The SMILES string of the molecule is N#Cc1cc(N2[C@H]3CCNC[C@@H]2CC3)cnc1Cl. The van der Waals surface area contributed by atoms with E-state index in [1.54, 1.807) is 6.20 Å². The van der Waals surface area contributed by atoms with Gasteiger partial charge >= 0.3 is 0 Å². The summed E-state index contributed by atoms with van der Waals surface area (Å²) in [6, 6.07) is 5.06. The molecule has 1 N–H and O–H groups in total. The van der Waals surface area contributed by atoms with Gasteiger partial charge in [0.15, 0.2) is 0 Å². The fourth-order valence-electron chi connectivity index (χ4n) is 3.06. The number of anilines is 1. The monoisotopic (exact) mass is 262 g/mol. The minimum absolute atomic E-state index is 0.293. The normalized spacial score (nSPS) is 26.8. The minimum Gasteiger partial charge on any atom is -0.363 e. The number of pyridine rings is 1. The molecule has 0 amide bonds. The van der Waals surface area contributed by atoms with E-state index in [0.717, 1.165) is 25.2 Å². The van der Waals surface area contributed by atoms with Gasteiger partial charge in [-0.15, -0.1) is 0 Å². The molecule has 0 aromatic carbocycles. The van der Waals surface area contributed by atoms with Crippen LogP contribution in [0.4, 0.5) is 5.69 Å². The summed E-state index contributed by atoms with van der Waals surface area (Å²) in [4.78, 5) is 6.55. The van der Waals surface area contributed by atoms with Crippen LogP contribution < -0.4 is 10.2 Å². The molecular formula is C13H15ClN4. The van der Waals surface area contributed by atoms with Gasteiger partial charge in [0, 0.05) is 18.6 Å². The largest absolute Gasteiger partial charge is 0.363 e. The Morgan fingerprint density at radius 1 is 1.39 bits per heavy atom. The van der Waals surface area contributed by atoms with Crippen LogP contribution in [-0.4, -0.2) is 30.2 Å². The van der Waals surface area contributed by atoms with Gasteiger partial charge in [-0.3, -0.25) is 0 Å². The lowest BCUT2D eigenvalue weighted by atomic mass is 10.1. The van der Waals surface area contributed by atoms with E-state index in [-0.39, 0.29) is 0 Å². The molecule has 94 valence electrons. The number of nitriles is 1. The predicted molar refractivity (Wildman–Crippen MR) is 70.7 cm³/mol. The molecule has 4 nitrogen and oxygen atoms in total. The van der Waals surface area contributed by atoms with Crippen LogP contribution in [0.5, 0.6) is 0 Å². The summed E-state index contributed by atoms with van der Waals surface area (Å²) in [6.07, 6.45) is 5.39. The van der Waals surface area contributed by atoms with Crippen molar-refractivity contribution in [3.8, 4) is 6.07 Å². The first-order valence-electron chi connectivity index (χ1n) is 6.34. The third kappa shape index (κ3) is 1.94. The van der Waals surface area contributed by atoms with Crippen LogP contribution in [0.2, 0.25) is 5.15 Å². The first-order chi connectivity index (χ1) is 8.79. The smallest absolute Gasteiger partial charge is 0.146 e. The number of hydrogen-bond donors (Lipinski definition) is 1. The van der Waals surface area contributed by atoms with Gasteiger partial charge in [-0.2, -0.15) is 5.26 Å². The molecule has 0 saturated carbocycles. The van der Waals surface area contributed by atoms with Gasteiger partial charge in [0.2, 0.25) is 0 Å². The van der Waals surface area contributed by atoms with Crippen molar-refractivity contribution in [1.82, 2.24) is 10.3 Å². The second-order valence-corrected chi connectivity index (χ2v) is 5.29. The van der Waals surface area contributed by atoms with Crippen molar-refractivity contribution in [2.24, 2.45) is 0 Å². The molecule has 3 rings (SSSR count). The molecule has 5 heteroatoms. The van der Waals surface area contributed by atoms with Gasteiger partial charge in [-0.05, 0) is 31.9 Å². The lowest BCUT2D eigenvalue weighted by molar-refractivity contribution is 0.567. The average Bonchev–Trinajstić information content (AvgIpc) is 2.64. The average molecular weight is 263 g/mol. The summed E-state index contributed by atoms with van der Waals surface area (Å²) < 4.78 is 0. The summed E-state index contributed by atoms with van der Waals surface area (Å²) >= 11 is 5.89. The fourth-order valence-corrected chi connectivity index (χ4v) is 3.21. The Labute approximate surface area is 112 Å². The molecule has 3 heterocycles. The first-order valence-corrected chi connectivity index (χ1v) is 6.72. The zero-order valence-corrected chi connectivity index (χ0v) is 10.8. The van der Waals surface area contributed by atoms with Crippen molar-refractivity contribution >= 4 is 17.3 Å². The molecule has 0 unspecified atom stereocenters. The zero-order valence-electron chi connectivity index (χ0n) is 10.1. The van der Waals surface area contributed by atoms with Crippen molar-refractivity contribution in [1.29, 1.82) is 5.26 Å². The van der Waals surface area contributed by atoms with Crippen LogP contribution in [0.1, 0.15) is 24.8 Å². The van der Waals surface area contributed by atoms with E-state index in [1.165, 1.54) is 12.8 Å². The van der Waals surface area contributed by atoms with E-state index in [9.17, 15) is 0 Å². The third-order valence-corrected chi connectivity index (χ3v) is 4.20. The molecule has 18 heavy (non-hydrogen) atoms. The highest BCUT2D eigenvalue weighted by molar-refractivity contribution is 6.30. The molecule has 1 aromatic heterocycles. The molecule has 1 aromatic rings. The lowest BCUT2D eigenvalue weighted by Crippen LogP contribution is -2.38. The van der Waals surface area contributed by atoms with Gasteiger partial charge in [-0.1, -0.05) is 11.6 Å². The van der Waals surface area contributed by atoms with Gasteiger partial charge < -0.3 is 10.2 Å². The summed E-state index contributed by atoms with van der Waals surface area (Å²) in [6.45, 7) is 2.09. The Balaban J connectivity index is 1.97. The molecular weight excluding hydrogens is 248 g/mol. The second-order valence-electron chi connectivity index (χ2n) is 4.93. The van der Waals surface area contributed by atoms with Crippen molar-refractivity contribution in [3.63, 3.8) is 0 Å². The number of rotatable bonds is 1. The van der Waals surface area contributed by atoms with E-state index in [2.05, 4.69) is 21.3 Å². The van der Waals surface area contributed by atoms with Crippen LogP contribution in [0.15, 0.2) is 12.3 Å². The summed E-state index contributed by atoms with van der Waals surface area (Å²) in [7, 11) is 0. The number of hydrogen-bond acceptors (Lipinski definition) is 4. The van der Waals surface area contributed by atoms with Crippen LogP contribution in [-0.2, 0) is 0 Å². The summed E-state index contributed by atoms with van der Waals surface area (Å²) in [5.74, 6) is 0. The van der Waals surface area contributed by atoms with E-state index < -0.39 is 0 Å². The number of nitrogens with zero attached hydrogens (tertiary/aromatic N) is 3. The van der Waals surface area contributed by atoms with E-state index >= 15 is 0 Å². The Bertz CT molecular complexity index is 482. The number of aromatic nitrogens is 1. The number of nitrogens with one attached hydrogen (secondary N) is 1. The zero-order chi connectivity index (χ0) is 12.5. The summed E-state index contributed by atoms with van der Waals surface area (Å²) in [5, 5.41) is 12.8. The fraction of sp³-hybridized carbons (Fsp3) is 0.538. The van der Waals surface area contributed by atoms with Crippen molar-refractivity contribution in [2.45, 2.75) is 31.3 Å². The maximum Gasteiger partial charge on any atom is 0.146 e. The van der Waals surface area contributed by atoms with Crippen molar-refractivity contribution in [2.75, 3.05) is 18.0 Å². The molecule has 0 spiro atoms. The van der Waals surface area contributed by atoms with Crippen LogP contribution >= 0.6 is 11.6 Å². The highest BCUT2D eigenvalue weighted by atomic mass is 35.5. The molecule has 2 saturated heterocycles. The Kier molecular flexibility index (Phi) is 3.11. The third-order valence-electron chi connectivity index (χ3n) is 3.90. The van der Waals surface area contributed by atoms with Gasteiger partial charge in [0.25, 0.3) is 0 Å². The highest BCUT2D eigenvalue weighted by Gasteiger charge is 2.35. The standard InChI is InChI=1S/C13H15ClN4/c14-13-9(6-15)5-12(8-17-13)18-10-1-2-11(18)7-16-4-3-10/h5,8,10-11,16H,1-4,7H2/t10-,11+/m1/s1. The first kappa shape index (κ1) is 11.8. The molecule has 2 bridgehead atoms. The van der Waals surface area contributed by atoms with Gasteiger partial charge in [0.1, 0.15) is 11.2 Å². The van der Waals surface area contributed by atoms with E-state index in [1.807, 2.05) is 6.07 Å². The summed E-state index contributed by atoms with van der Waals surface area (Å²) in [5.41, 5.74) is 1.50. The highest BCUT2D eigenvalue weighted by Crippen LogP contribution is 2.33. The maximum atomic E-state index is 9.04. The van der Waals surface area contributed by atoms with Crippen LogP contribution in [0.3, 0.4) is 0 Å². The van der Waals surface area contributed by atoms with Crippen LogP contribution in [0.25, 0.3) is 0 Å². The van der Waals surface area contributed by atoms with E-state index in [0.29, 0.717) is 22.8 Å².